The number of hydrogen-bond acceptors (Lipinski definition) is 4. The number of nitrogens with one attached hydrogen (secondary N) is 1. The van der Waals surface area contributed by atoms with Gasteiger partial charge < -0.3 is 10.4 Å². The van der Waals surface area contributed by atoms with Gasteiger partial charge in [0.25, 0.3) is 5.91 Å². The normalized spacial score (nSPS) is 10.3. The molecule has 0 fully saturated rings. The summed E-state index contributed by atoms with van der Waals surface area (Å²) in [6, 6.07) is 4.63. The van der Waals surface area contributed by atoms with Crippen LogP contribution in [0.3, 0.4) is 0 Å². The Labute approximate surface area is 127 Å². The fourth-order valence-electron chi connectivity index (χ4n) is 1.70. The Morgan fingerprint density at radius 3 is 2.60 bits per heavy atom. The first-order valence-electron chi connectivity index (χ1n) is 5.66. The van der Waals surface area contributed by atoms with Crippen LogP contribution in [0.5, 0.6) is 0 Å². The van der Waals surface area contributed by atoms with E-state index >= 15 is 0 Å². The molecule has 1 aromatic carbocycles. The maximum Gasteiger partial charge on any atom is 0.336 e. The van der Waals surface area contributed by atoms with Crippen molar-refractivity contribution in [2.24, 2.45) is 0 Å². The number of carboxylic acid groups (broad SMARTS) is 1. The van der Waals surface area contributed by atoms with Crippen LogP contribution >= 0.6 is 27.3 Å². The summed E-state index contributed by atoms with van der Waals surface area (Å²) in [6.45, 7) is 3.60. The van der Waals surface area contributed by atoms with E-state index in [0.29, 0.717) is 20.7 Å². The standard InChI is InChI=1S/C13H11BrN2O3S/c1-6-11(20-7(2)15-6)12(17)16-8-3-4-10(14)9(5-8)13(18)19/h3-5H,1-2H3,(H,16,17)(H,18,19). The number of amides is 1. The van der Waals surface area contributed by atoms with Crippen LogP contribution < -0.4 is 5.32 Å². The Morgan fingerprint density at radius 1 is 1.35 bits per heavy atom. The molecule has 7 heteroatoms. The van der Waals surface area contributed by atoms with E-state index in [9.17, 15) is 9.59 Å². The summed E-state index contributed by atoms with van der Waals surface area (Å²) >= 11 is 4.46. The fraction of sp³-hybridized carbons (Fsp3) is 0.154. The van der Waals surface area contributed by atoms with Crippen molar-refractivity contribution in [1.29, 1.82) is 0 Å². The number of thiazole rings is 1. The van der Waals surface area contributed by atoms with Crippen molar-refractivity contribution in [2.75, 3.05) is 5.32 Å². The average Bonchev–Trinajstić information content (AvgIpc) is 2.70. The molecule has 104 valence electrons. The van der Waals surface area contributed by atoms with Gasteiger partial charge in [-0.25, -0.2) is 9.78 Å². The number of carboxylic acids is 1. The first-order chi connectivity index (χ1) is 9.38. The van der Waals surface area contributed by atoms with Crippen LogP contribution in [-0.4, -0.2) is 22.0 Å². The second kappa shape index (κ2) is 5.72. The summed E-state index contributed by atoms with van der Waals surface area (Å²) in [7, 11) is 0. The van der Waals surface area contributed by atoms with Gasteiger partial charge in [0.05, 0.1) is 16.3 Å². The minimum absolute atomic E-state index is 0.0972. The van der Waals surface area contributed by atoms with Crippen molar-refractivity contribution in [3.05, 3.63) is 43.8 Å². The third-order valence-corrected chi connectivity index (χ3v) is 4.33. The number of carbonyl (C=O) groups excluding carboxylic acids is 1. The molecule has 0 spiro atoms. The summed E-state index contributed by atoms with van der Waals surface area (Å²) < 4.78 is 0.466. The molecular formula is C13H11BrN2O3S. The largest absolute Gasteiger partial charge is 0.478 e. The van der Waals surface area contributed by atoms with Crippen LogP contribution in [0, 0.1) is 13.8 Å². The Hall–Kier alpha value is -1.73. The Morgan fingerprint density at radius 2 is 2.05 bits per heavy atom. The summed E-state index contributed by atoms with van der Waals surface area (Å²) in [4.78, 5) is 27.9. The molecule has 1 heterocycles. The molecule has 0 aliphatic carbocycles. The SMILES string of the molecule is Cc1nc(C)c(C(=O)Nc2ccc(Br)c(C(=O)O)c2)s1. The number of aromatic carboxylic acids is 1. The fourth-order valence-corrected chi connectivity index (χ4v) is 2.93. The molecule has 0 aliphatic rings. The Balaban J connectivity index is 2.26. The predicted octanol–water partition coefficient (Wildman–Crippen LogP) is 3.47. The summed E-state index contributed by atoms with van der Waals surface area (Å²) in [6.07, 6.45) is 0. The number of nitrogens with zero attached hydrogens (tertiary/aromatic N) is 1. The molecule has 0 radical (unpaired) electrons. The van der Waals surface area contributed by atoms with Gasteiger partial charge in [-0.1, -0.05) is 0 Å². The zero-order valence-corrected chi connectivity index (χ0v) is 13.1. The molecular weight excluding hydrogens is 344 g/mol. The molecule has 20 heavy (non-hydrogen) atoms. The Kier molecular flexibility index (Phi) is 4.20. The highest BCUT2D eigenvalue weighted by molar-refractivity contribution is 9.10. The zero-order chi connectivity index (χ0) is 14.9. The van der Waals surface area contributed by atoms with Crippen LogP contribution in [0.2, 0.25) is 0 Å². The van der Waals surface area contributed by atoms with Gasteiger partial charge in [0.1, 0.15) is 4.88 Å². The van der Waals surface area contributed by atoms with Gasteiger partial charge in [0.2, 0.25) is 0 Å². The van der Waals surface area contributed by atoms with Gasteiger partial charge in [-0.15, -0.1) is 11.3 Å². The van der Waals surface area contributed by atoms with E-state index in [1.807, 2.05) is 6.92 Å². The number of aromatic nitrogens is 1. The quantitative estimate of drug-likeness (QED) is 0.884. The van der Waals surface area contributed by atoms with Gasteiger partial charge in [-0.3, -0.25) is 4.79 Å². The van der Waals surface area contributed by atoms with Gasteiger partial charge in [0.15, 0.2) is 0 Å². The van der Waals surface area contributed by atoms with Crippen LogP contribution in [0.25, 0.3) is 0 Å². The minimum Gasteiger partial charge on any atom is -0.478 e. The minimum atomic E-state index is -1.06. The summed E-state index contributed by atoms with van der Waals surface area (Å²) in [5.41, 5.74) is 1.20. The lowest BCUT2D eigenvalue weighted by atomic mass is 10.2. The van der Waals surface area contributed by atoms with Crippen LogP contribution in [0.4, 0.5) is 5.69 Å². The van der Waals surface area contributed by atoms with E-state index in [-0.39, 0.29) is 11.5 Å². The van der Waals surface area contributed by atoms with E-state index in [1.165, 1.54) is 17.4 Å². The third-order valence-electron chi connectivity index (χ3n) is 2.56. The number of aryl methyl sites for hydroxylation is 2. The lowest BCUT2D eigenvalue weighted by molar-refractivity contribution is 0.0695. The first-order valence-corrected chi connectivity index (χ1v) is 7.27. The predicted molar refractivity (Wildman–Crippen MR) is 80.6 cm³/mol. The molecule has 2 N–H and O–H groups in total. The molecule has 1 amide bonds. The van der Waals surface area contributed by atoms with Crippen molar-refractivity contribution in [2.45, 2.75) is 13.8 Å². The van der Waals surface area contributed by atoms with Crippen LogP contribution in [-0.2, 0) is 0 Å². The number of benzene rings is 1. The highest BCUT2D eigenvalue weighted by Gasteiger charge is 2.15. The molecule has 1 aromatic heterocycles. The zero-order valence-electron chi connectivity index (χ0n) is 10.7. The van der Waals surface area contributed by atoms with E-state index in [0.717, 1.165) is 5.01 Å². The lowest BCUT2D eigenvalue weighted by Gasteiger charge is -2.06. The van der Waals surface area contributed by atoms with Gasteiger partial charge >= 0.3 is 5.97 Å². The number of anilines is 1. The molecule has 0 atom stereocenters. The van der Waals surface area contributed by atoms with E-state index < -0.39 is 5.97 Å². The number of rotatable bonds is 3. The number of carbonyl (C=O) groups is 2. The van der Waals surface area contributed by atoms with Crippen molar-refractivity contribution < 1.29 is 14.7 Å². The second-order valence-electron chi connectivity index (χ2n) is 4.10. The number of hydrogen-bond donors (Lipinski definition) is 2. The second-order valence-corrected chi connectivity index (χ2v) is 6.16. The average molecular weight is 355 g/mol. The van der Waals surface area contributed by atoms with E-state index in [2.05, 4.69) is 26.2 Å². The van der Waals surface area contributed by atoms with Crippen molar-refractivity contribution in [1.82, 2.24) is 4.98 Å². The van der Waals surface area contributed by atoms with Crippen molar-refractivity contribution in [3.8, 4) is 0 Å². The topological polar surface area (TPSA) is 79.3 Å². The molecule has 0 unspecified atom stereocenters. The molecule has 2 rings (SSSR count). The van der Waals surface area contributed by atoms with Crippen molar-refractivity contribution in [3.63, 3.8) is 0 Å². The van der Waals surface area contributed by atoms with Gasteiger partial charge in [-0.05, 0) is 48.0 Å². The molecule has 0 bridgehead atoms. The van der Waals surface area contributed by atoms with E-state index in [4.69, 9.17) is 5.11 Å². The molecule has 0 aliphatic heterocycles. The molecule has 2 aromatic rings. The smallest absolute Gasteiger partial charge is 0.336 e. The monoisotopic (exact) mass is 354 g/mol. The van der Waals surface area contributed by atoms with E-state index in [1.54, 1.807) is 19.1 Å². The highest BCUT2D eigenvalue weighted by Crippen LogP contribution is 2.23. The molecule has 5 nitrogen and oxygen atoms in total. The lowest BCUT2D eigenvalue weighted by Crippen LogP contribution is -2.12. The van der Waals surface area contributed by atoms with Crippen molar-refractivity contribution >= 4 is 44.8 Å². The molecule has 0 saturated heterocycles. The summed E-state index contributed by atoms with van der Waals surface area (Å²) in [5, 5.41) is 12.5. The van der Waals surface area contributed by atoms with Gasteiger partial charge in [-0.2, -0.15) is 0 Å². The van der Waals surface area contributed by atoms with Crippen LogP contribution in [0.1, 0.15) is 30.7 Å². The van der Waals surface area contributed by atoms with Gasteiger partial charge in [0, 0.05) is 10.2 Å². The maximum absolute atomic E-state index is 12.1. The summed E-state index contributed by atoms with van der Waals surface area (Å²) in [5.74, 6) is -1.34. The number of halogens is 1. The first kappa shape index (κ1) is 14.7. The highest BCUT2D eigenvalue weighted by atomic mass is 79.9. The molecule has 0 saturated carbocycles. The third kappa shape index (κ3) is 3.05. The maximum atomic E-state index is 12.1. The Bertz CT molecular complexity index is 697. The van der Waals surface area contributed by atoms with Crippen LogP contribution in [0.15, 0.2) is 22.7 Å².